The summed E-state index contributed by atoms with van der Waals surface area (Å²) in [6, 6.07) is 18.5. The maximum absolute atomic E-state index is 12.9. The Bertz CT molecular complexity index is 996. The molecule has 1 aliphatic rings. The molecule has 1 aromatic heterocycles. The van der Waals surface area contributed by atoms with Crippen molar-refractivity contribution in [2.24, 2.45) is 0 Å². The highest BCUT2D eigenvalue weighted by molar-refractivity contribution is 7.13. The Morgan fingerprint density at radius 3 is 2.58 bits per heavy atom. The SMILES string of the molecule is CCN(C(=O)Cc1csc(-c2cccc(CN3CCN(C)CC3)c2)n1)c1ccccc1. The van der Waals surface area contributed by atoms with Crippen molar-refractivity contribution in [3.63, 3.8) is 0 Å². The van der Waals surface area contributed by atoms with Crippen LogP contribution in [-0.4, -0.2) is 60.5 Å². The first-order chi connectivity index (χ1) is 15.1. The van der Waals surface area contributed by atoms with Gasteiger partial charge in [-0.05, 0) is 37.7 Å². The predicted molar refractivity (Wildman–Crippen MR) is 128 cm³/mol. The number of carbonyl (C=O) groups is 1. The number of amides is 1. The molecule has 1 amide bonds. The van der Waals surface area contributed by atoms with Gasteiger partial charge in [0.25, 0.3) is 0 Å². The second kappa shape index (κ2) is 10.2. The molecule has 0 unspecified atom stereocenters. The fraction of sp³-hybridized carbons (Fsp3) is 0.360. The molecule has 3 aromatic rings. The van der Waals surface area contributed by atoms with Crippen LogP contribution in [0.2, 0.25) is 0 Å². The number of rotatable bonds is 7. The lowest BCUT2D eigenvalue weighted by Gasteiger charge is -2.32. The summed E-state index contributed by atoms with van der Waals surface area (Å²) >= 11 is 1.61. The normalized spacial score (nSPS) is 15.2. The Hall–Kier alpha value is -2.54. The van der Waals surface area contributed by atoms with Crippen LogP contribution in [0.5, 0.6) is 0 Å². The van der Waals surface area contributed by atoms with Gasteiger partial charge in [-0.2, -0.15) is 0 Å². The van der Waals surface area contributed by atoms with Gasteiger partial charge in [0.2, 0.25) is 5.91 Å². The zero-order chi connectivity index (χ0) is 21.6. The smallest absolute Gasteiger partial charge is 0.233 e. The lowest BCUT2D eigenvalue weighted by atomic mass is 10.1. The van der Waals surface area contributed by atoms with Crippen LogP contribution < -0.4 is 4.90 Å². The number of piperazine rings is 1. The second-order valence-electron chi connectivity index (χ2n) is 8.07. The van der Waals surface area contributed by atoms with Gasteiger partial charge in [0.1, 0.15) is 5.01 Å². The van der Waals surface area contributed by atoms with Crippen LogP contribution in [0.15, 0.2) is 60.0 Å². The van der Waals surface area contributed by atoms with E-state index in [9.17, 15) is 4.79 Å². The minimum Gasteiger partial charge on any atom is -0.312 e. The molecule has 162 valence electrons. The summed E-state index contributed by atoms with van der Waals surface area (Å²) in [5.74, 6) is 0.0781. The monoisotopic (exact) mass is 434 g/mol. The molecule has 0 spiro atoms. The van der Waals surface area contributed by atoms with Crippen LogP contribution in [0.4, 0.5) is 5.69 Å². The first-order valence-electron chi connectivity index (χ1n) is 10.9. The average molecular weight is 435 g/mol. The van der Waals surface area contributed by atoms with Gasteiger partial charge in [-0.3, -0.25) is 9.69 Å². The molecule has 0 saturated carbocycles. The number of benzene rings is 2. The molecule has 0 bridgehead atoms. The zero-order valence-electron chi connectivity index (χ0n) is 18.3. The second-order valence-corrected chi connectivity index (χ2v) is 8.93. The highest BCUT2D eigenvalue weighted by Crippen LogP contribution is 2.26. The Morgan fingerprint density at radius 2 is 1.84 bits per heavy atom. The van der Waals surface area contributed by atoms with Gasteiger partial charge >= 0.3 is 0 Å². The number of likely N-dealkylation sites (N-methyl/N-ethyl adjacent to an activating group) is 2. The number of hydrogen-bond acceptors (Lipinski definition) is 5. The van der Waals surface area contributed by atoms with E-state index in [2.05, 4.69) is 41.1 Å². The Labute approximate surface area is 188 Å². The van der Waals surface area contributed by atoms with E-state index in [1.807, 2.05) is 47.5 Å². The Balaban J connectivity index is 1.42. The van der Waals surface area contributed by atoms with Gasteiger partial charge in [0.05, 0.1) is 12.1 Å². The van der Waals surface area contributed by atoms with E-state index >= 15 is 0 Å². The van der Waals surface area contributed by atoms with Gasteiger partial charge in [-0.25, -0.2) is 4.98 Å². The van der Waals surface area contributed by atoms with E-state index in [4.69, 9.17) is 4.98 Å². The van der Waals surface area contributed by atoms with Crippen molar-refractivity contribution in [1.82, 2.24) is 14.8 Å². The molecule has 6 heteroatoms. The number of carbonyl (C=O) groups excluding carboxylic acids is 1. The molecule has 2 heterocycles. The molecule has 0 aliphatic carbocycles. The van der Waals surface area contributed by atoms with E-state index in [1.165, 1.54) is 5.56 Å². The first kappa shape index (κ1) is 21.7. The van der Waals surface area contributed by atoms with Crippen molar-refractivity contribution in [1.29, 1.82) is 0 Å². The molecule has 5 nitrogen and oxygen atoms in total. The maximum Gasteiger partial charge on any atom is 0.233 e. The number of nitrogens with zero attached hydrogens (tertiary/aromatic N) is 4. The van der Waals surface area contributed by atoms with Crippen molar-refractivity contribution in [2.45, 2.75) is 19.9 Å². The van der Waals surface area contributed by atoms with Gasteiger partial charge in [0, 0.05) is 55.9 Å². The van der Waals surface area contributed by atoms with E-state index in [0.717, 1.165) is 54.7 Å². The molecule has 4 rings (SSSR count). The van der Waals surface area contributed by atoms with Crippen LogP contribution in [0, 0.1) is 0 Å². The van der Waals surface area contributed by atoms with Crippen LogP contribution >= 0.6 is 11.3 Å². The average Bonchev–Trinajstić information content (AvgIpc) is 3.25. The quantitative estimate of drug-likeness (QED) is 0.560. The fourth-order valence-electron chi connectivity index (χ4n) is 3.95. The number of para-hydroxylation sites is 1. The summed E-state index contributed by atoms with van der Waals surface area (Å²) in [5.41, 5.74) is 4.22. The maximum atomic E-state index is 12.9. The highest BCUT2D eigenvalue weighted by atomic mass is 32.1. The number of hydrogen-bond donors (Lipinski definition) is 0. The number of anilines is 1. The van der Waals surface area contributed by atoms with Gasteiger partial charge < -0.3 is 9.80 Å². The standard InChI is InChI=1S/C25H30N4OS/c1-3-29(23-10-5-4-6-11-23)24(30)17-22-19-31-25(26-22)21-9-7-8-20(16-21)18-28-14-12-27(2)13-15-28/h4-11,16,19H,3,12-15,17-18H2,1-2H3. The number of aromatic nitrogens is 1. The molecule has 0 radical (unpaired) electrons. The van der Waals surface area contributed by atoms with E-state index in [0.29, 0.717) is 13.0 Å². The van der Waals surface area contributed by atoms with Crippen molar-refractivity contribution in [2.75, 3.05) is 44.7 Å². The van der Waals surface area contributed by atoms with Crippen LogP contribution in [0.1, 0.15) is 18.2 Å². The summed E-state index contributed by atoms with van der Waals surface area (Å²) in [4.78, 5) is 24.4. The third-order valence-electron chi connectivity index (χ3n) is 5.75. The minimum atomic E-state index is 0.0781. The van der Waals surface area contributed by atoms with E-state index in [1.54, 1.807) is 11.3 Å². The largest absolute Gasteiger partial charge is 0.312 e. The van der Waals surface area contributed by atoms with Crippen LogP contribution in [-0.2, 0) is 17.8 Å². The predicted octanol–water partition coefficient (Wildman–Crippen LogP) is 4.15. The third-order valence-corrected chi connectivity index (χ3v) is 6.69. The van der Waals surface area contributed by atoms with Gasteiger partial charge in [0.15, 0.2) is 0 Å². The minimum absolute atomic E-state index is 0.0781. The molecule has 31 heavy (non-hydrogen) atoms. The van der Waals surface area contributed by atoms with Crippen LogP contribution in [0.3, 0.4) is 0 Å². The van der Waals surface area contributed by atoms with Gasteiger partial charge in [-0.15, -0.1) is 11.3 Å². The first-order valence-corrected chi connectivity index (χ1v) is 11.8. The molecule has 1 fully saturated rings. The van der Waals surface area contributed by atoms with Crippen molar-refractivity contribution < 1.29 is 4.79 Å². The molecule has 0 atom stereocenters. The van der Waals surface area contributed by atoms with Crippen LogP contribution in [0.25, 0.3) is 10.6 Å². The fourth-order valence-corrected chi connectivity index (χ4v) is 4.77. The topological polar surface area (TPSA) is 39.7 Å². The van der Waals surface area contributed by atoms with Crippen molar-refractivity contribution in [3.8, 4) is 10.6 Å². The summed E-state index contributed by atoms with van der Waals surface area (Å²) in [6.45, 7) is 8.10. The van der Waals surface area contributed by atoms with E-state index in [-0.39, 0.29) is 5.91 Å². The lowest BCUT2D eigenvalue weighted by molar-refractivity contribution is -0.118. The molecular formula is C25H30N4OS. The van der Waals surface area contributed by atoms with E-state index < -0.39 is 0 Å². The van der Waals surface area contributed by atoms with Crippen molar-refractivity contribution in [3.05, 3.63) is 71.2 Å². The molecule has 0 N–H and O–H groups in total. The molecule has 1 aliphatic heterocycles. The van der Waals surface area contributed by atoms with Crippen molar-refractivity contribution >= 4 is 22.9 Å². The third kappa shape index (κ3) is 5.58. The molecule has 1 saturated heterocycles. The summed E-state index contributed by atoms with van der Waals surface area (Å²) in [7, 11) is 2.18. The zero-order valence-corrected chi connectivity index (χ0v) is 19.1. The highest BCUT2D eigenvalue weighted by Gasteiger charge is 2.17. The van der Waals surface area contributed by atoms with Gasteiger partial charge in [-0.1, -0.05) is 36.4 Å². The Kier molecular flexibility index (Phi) is 7.12. The number of thiazole rings is 1. The summed E-state index contributed by atoms with van der Waals surface area (Å²) < 4.78 is 0. The lowest BCUT2D eigenvalue weighted by Crippen LogP contribution is -2.43. The molecular weight excluding hydrogens is 404 g/mol. The summed E-state index contributed by atoms with van der Waals surface area (Å²) in [6.07, 6.45) is 0.320. The molecule has 2 aromatic carbocycles. The Morgan fingerprint density at radius 1 is 1.06 bits per heavy atom. The summed E-state index contributed by atoms with van der Waals surface area (Å²) in [5, 5.41) is 2.99.